The molecule has 1 aliphatic rings. The number of Topliss-reactive ketones (excluding diaryl/α,β-unsaturated/α-hetero) is 1. The maximum absolute atomic E-state index is 12.2. The molecule has 0 aliphatic heterocycles. The molecule has 0 unspecified atom stereocenters. The number of nitrogens with one attached hydrogen (secondary N) is 1. The molecule has 0 heterocycles. The minimum atomic E-state index is -0.116. The summed E-state index contributed by atoms with van der Waals surface area (Å²) in [5.41, 5.74) is 2.01. The second kappa shape index (κ2) is 10.1. The first kappa shape index (κ1) is 20.1. The summed E-state index contributed by atoms with van der Waals surface area (Å²) in [6.45, 7) is 2.01. The molecule has 1 aromatic rings. The maximum atomic E-state index is 12.2. The molecule has 142 valence electrons. The lowest BCUT2D eigenvalue weighted by Gasteiger charge is -2.28. The van der Waals surface area contributed by atoms with E-state index in [2.05, 4.69) is 17.4 Å². The Labute approximate surface area is 155 Å². The van der Waals surface area contributed by atoms with E-state index in [4.69, 9.17) is 4.74 Å². The molecule has 0 saturated heterocycles. The zero-order chi connectivity index (χ0) is 18.9. The van der Waals surface area contributed by atoms with Gasteiger partial charge in [-0.05, 0) is 49.5 Å². The van der Waals surface area contributed by atoms with Crippen LogP contribution < -0.4 is 5.32 Å². The topological polar surface area (TPSA) is 72.5 Å². The van der Waals surface area contributed by atoms with E-state index in [0.717, 1.165) is 31.2 Å². The van der Waals surface area contributed by atoms with E-state index in [0.29, 0.717) is 37.6 Å². The minimum absolute atomic E-state index is 0.0666. The van der Waals surface area contributed by atoms with Crippen molar-refractivity contribution < 1.29 is 19.1 Å². The quantitative estimate of drug-likeness (QED) is 0.437. The number of esters is 1. The van der Waals surface area contributed by atoms with Crippen molar-refractivity contribution in [2.75, 3.05) is 13.7 Å². The second-order valence-electron chi connectivity index (χ2n) is 7.13. The van der Waals surface area contributed by atoms with Gasteiger partial charge in [0.1, 0.15) is 0 Å². The van der Waals surface area contributed by atoms with Crippen molar-refractivity contribution in [3.63, 3.8) is 0 Å². The molecule has 5 heteroatoms. The first-order chi connectivity index (χ1) is 12.5. The van der Waals surface area contributed by atoms with Gasteiger partial charge in [-0.3, -0.25) is 14.4 Å². The Balaban J connectivity index is 1.79. The number of ether oxygens (including phenoxy) is 1. The number of rotatable bonds is 8. The van der Waals surface area contributed by atoms with Gasteiger partial charge in [0.25, 0.3) is 0 Å². The van der Waals surface area contributed by atoms with Gasteiger partial charge < -0.3 is 10.1 Å². The first-order valence-corrected chi connectivity index (χ1v) is 9.44. The van der Waals surface area contributed by atoms with E-state index < -0.39 is 0 Å². The molecule has 0 aromatic heterocycles. The van der Waals surface area contributed by atoms with E-state index in [-0.39, 0.29) is 17.7 Å². The van der Waals surface area contributed by atoms with Gasteiger partial charge in [-0.25, -0.2) is 0 Å². The SMILES string of the molecule is COC(=O)CC1CCC(c2ccc(C(=O)CCCNC(C)=O)cc2)CC1. The fourth-order valence-corrected chi connectivity index (χ4v) is 3.62. The largest absolute Gasteiger partial charge is 0.469 e. The molecule has 1 aromatic carbocycles. The standard InChI is InChI=1S/C21H29NO4/c1-15(23)22-13-3-4-20(24)19-11-9-18(10-12-19)17-7-5-16(6-8-17)14-21(25)26-2/h9-12,16-17H,3-8,13-14H2,1-2H3,(H,22,23). The highest BCUT2D eigenvalue weighted by Gasteiger charge is 2.24. The van der Waals surface area contributed by atoms with Crippen LogP contribution in [-0.4, -0.2) is 31.3 Å². The van der Waals surface area contributed by atoms with Gasteiger partial charge in [-0.2, -0.15) is 0 Å². The number of carbonyl (C=O) groups excluding carboxylic acids is 3. The van der Waals surface area contributed by atoms with Gasteiger partial charge in [-0.15, -0.1) is 0 Å². The van der Waals surface area contributed by atoms with Crippen LogP contribution in [0.1, 0.15) is 73.7 Å². The van der Waals surface area contributed by atoms with Gasteiger partial charge in [0.15, 0.2) is 5.78 Å². The monoisotopic (exact) mass is 359 g/mol. The summed E-state index contributed by atoms with van der Waals surface area (Å²) in [5, 5.41) is 2.70. The average Bonchev–Trinajstić information content (AvgIpc) is 2.65. The Bertz CT molecular complexity index is 615. The molecular formula is C21H29NO4. The average molecular weight is 359 g/mol. The van der Waals surface area contributed by atoms with Crippen LogP contribution in [-0.2, 0) is 14.3 Å². The molecule has 0 atom stereocenters. The third-order valence-electron chi connectivity index (χ3n) is 5.19. The van der Waals surface area contributed by atoms with Crippen LogP contribution in [0, 0.1) is 5.92 Å². The molecule has 1 aliphatic carbocycles. The Morgan fingerprint density at radius 3 is 2.31 bits per heavy atom. The zero-order valence-corrected chi connectivity index (χ0v) is 15.8. The fraction of sp³-hybridized carbons (Fsp3) is 0.571. The highest BCUT2D eigenvalue weighted by molar-refractivity contribution is 5.96. The van der Waals surface area contributed by atoms with Gasteiger partial charge in [-0.1, -0.05) is 24.3 Å². The lowest BCUT2D eigenvalue weighted by atomic mass is 9.77. The highest BCUT2D eigenvalue weighted by atomic mass is 16.5. The van der Waals surface area contributed by atoms with Crippen molar-refractivity contribution in [3.8, 4) is 0 Å². The predicted molar refractivity (Wildman–Crippen MR) is 100 cm³/mol. The Hall–Kier alpha value is -2.17. The summed E-state index contributed by atoms with van der Waals surface area (Å²) < 4.78 is 4.76. The van der Waals surface area contributed by atoms with E-state index in [1.165, 1.54) is 19.6 Å². The Morgan fingerprint density at radius 2 is 1.73 bits per heavy atom. The van der Waals surface area contributed by atoms with Crippen LogP contribution in [0.4, 0.5) is 0 Å². The summed E-state index contributed by atoms with van der Waals surface area (Å²) in [4.78, 5) is 34.4. The third kappa shape index (κ3) is 6.28. The van der Waals surface area contributed by atoms with Crippen molar-refractivity contribution >= 4 is 17.7 Å². The molecule has 5 nitrogen and oxygen atoms in total. The minimum Gasteiger partial charge on any atom is -0.469 e. The summed E-state index contributed by atoms with van der Waals surface area (Å²) in [6.07, 6.45) is 5.86. The van der Waals surface area contributed by atoms with Gasteiger partial charge in [0.05, 0.1) is 7.11 Å². The molecule has 2 rings (SSSR count). The molecule has 1 N–H and O–H groups in total. The van der Waals surface area contributed by atoms with Crippen LogP contribution in [0.15, 0.2) is 24.3 Å². The second-order valence-corrected chi connectivity index (χ2v) is 7.13. The lowest BCUT2D eigenvalue weighted by molar-refractivity contribution is -0.142. The summed E-state index contributed by atoms with van der Waals surface area (Å²) >= 11 is 0. The first-order valence-electron chi connectivity index (χ1n) is 9.44. The van der Waals surface area contributed by atoms with Crippen LogP contribution in [0.5, 0.6) is 0 Å². The van der Waals surface area contributed by atoms with Crippen molar-refractivity contribution in [3.05, 3.63) is 35.4 Å². The van der Waals surface area contributed by atoms with Crippen molar-refractivity contribution in [2.45, 2.75) is 57.8 Å². The summed E-state index contributed by atoms with van der Waals surface area (Å²) in [7, 11) is 1.44. The van der Waals surface area contributed by atoms with E-state index in [1.807, 2.05) is 12.1 Å². The van der Waals surface area contributed by atoms with Crippen LogP contribution in [0.2, 0.25) is 0 Å². The molecular weight excluding hydrogens is 330 g/mol. The van der Waals surface area contributed by atoms with Crippen molar-refractivity contribution in [2.24, 2.45) is 5.92 Å². The number of hydrogen-bond donors (Lipinski definition) is 1. The number of ketones is 1. The number of methoxy groups -OCH3 is 1. The van der Waals surface area contributed by atoms with Crippen molar-refractivity contribution in [1.82, 2.24) is 5.32 Å². The molecule has 1 saturated carbocycles. The van der Waals surface area contributed by atoms with E-state index in [9.17, 15) is 14.4 Å². The Morgan fingerprint density at radius 1 is 1.08 bits per heavy atom. The molecule has 26 heavy (non-hydrogen) atoms. The fourth-order valence-electron chi connectivity index (χ4n) is 3.62. The van der Waals surface area contributed by atoms with Gasteiger partial charge in [0.2, 0.25) is 5.91 Å². The smallest absolute Gasteiger partial charge is 0.305 e. The molecule has 1 fully saturated rings. The number of hydrogen-bond acceptors (Lipinski definition) is 4. The molecule has 1 amide bonds. The predicted octanol–water partition coefficient (Wildman–Crippen LogP) is 3.62. The lowest BCUT2D eigenvalue weighted by Crippen LogP contribution is -2.21. The van der Waals surface area contributed by atoms with Crippen molar-refractivity contribution in [1.29, 1.82) is 0 Å². The number of amides is 1. The van der Waals surface area contributed by atoms with E-state index >= 15 is 0 Å². The maximum Gasteiger partial charge on any atom is 0.305 e. The van der Waals surface area contributed by atoms with E-state index in [1.54, 1.807) is 0 Å². The third-order valence-corrected chi connectivity index (χ3v) is 5.19. The number of benzene rings is 1. The normalized spacial score (nSPS) is 19.6. The van der Waals surface area contributed by atoms with Crippen LogP contribution >= 0.6 is 0 Å². The summed E-state index contributed by atoms with van der Waals surface area (Å²) in [5.74, 6) is 0.873. The zero-order valence-electron chi connectivity index (χ0n) is 15.8. The van der Waals surface area contributed by atoms with Crippen LogP contribution in [0.25, 0.3) is 0 Å². The number of carbonyl (C=O) groups is 3. The Kier molecular flexibility index (Phi) is 7.82. The molecule has 0 spiro atoms. The molecule has 0 radical (unpaired) electrons. The van der Waals surface area contributed by atoms with Gasteiger partial charge >= 0.3 is 5.97 Å². The highest BCUT2D eigenvalue weighted by Crippen LogP contribution is 2.37. The summed E-state index contributed by atoms with van der Waals surface area (Å²) in [6, 6.07) is 7.95. The van der Waals surface area contributed by atoms with Crippen LogP contribution in [0.3, 0.4) is 0 Å². The molecule has 0 bridgehead atoms. The van der Waals surface area contributed by atoms with Gasteiger partial charge in [0, 0.05) is 31.9 Å².